The first-order valence-electron chi connectivity index (χ1n) is 4.90. The molecule has 0 radical (unpaired) electrons. The second kappa shape index (κ2) is 5.17. The number of nitrogens with zero attached hydrogens (tertiary/aromatic N) is 2. The summed E-state index contributed by atoms with van der Waals surface area (Å²) in [6.07, 6.45) is 0.913. The molecule has 82 valence electrons. The Labute approximate surface area is 84.8 Å². The molecule has 1 atom stereocenters. The van der Waals surface area contributed by atoms with Gasteiger partial charge in [0.25, 0.3) is 0 Å². The van der Waals surface area contributed by atoms with Crippen molar-refractivity contribution in [1.82, 2.24) is 9.80 Å². The van der Waals surface area contributed by atoms with Gasteiger partial charge in [0.15, 0.2) is 0 Å². The number of rotatable bonds is 3. The number of primary amides is 1. The molecule has 1 heterocycles. The van der Waals surface area contributed by atoms with E-state index in [0.29, 0.717) is 19.8 Å². The molecule has 0 aromatic heterocycles. The molecule has 0 aliphatic carbocycles. The predicted octanol–water partition coefficient (Wildman–Crippen LogP) is -0.282. The quantitative estimate of drug-likeness (QED) is 0.683. The van der Waals surface area contributed by atoms with Gasteiger partial charge in [-0.25, -0.2) is 4.79 Å². The molecule has 1 fully saturated rings. The highest BCUT2D eigenvalue weighted by atomic mass is 16.5. The topological polar surface area (TPSA) is 58.8 Å². The average Bonchev–Trinajstić information content (AvgIpc) is 2.15. The molecule has 1 unspecified atom stereocenters. The standard InChI is InChI=1S/C9H19N3O2/c1-11(2)4-3-8-7-14-6-5-12(8)9(10)13/h8H,3-7H2,1-2H3,(H2,10,13). The first-order valence-corrected chi connectivity index (χ1v) is 4.90. The number of morpholine rings is 1. The van der Waals surface area contributed by atoms with Crippen LogP contribution >= 0.6 is 0 Å². The first-order chi connectivity index (χ1) is 6.61. The number of carbonyl (C=O) groups excluding carboxylic acids is 1. The summed E-state index contributed by atoms with van der Waals surface area (Å²) in [5, 5.41) is 0. The van der Waals surface area contributed by atoms with Gasteiger partial charge < -0.3 is 20.3 Å². The Bertz CT molecular complexity index is 196. The lowest BCUT2D eigenvalue weighted by Crippen LogP contribution is -2.51. The van der Waals surface area contributed by atoms with Crippen LogP contribution in [-0.2, 0) is 4.74 Å². The number of nitrogens with two attached hydrogens (primary N) is 1. The van der Waals surface area contributed by atoms with Crippen molar-refractivity contribution < 1.29 is 9.53 Å². The summed E-state index contributed by atoms with van der Waals surface area (Å²) in [5.41, 5.74) is 5.28. The molecule has 0 saturated carbocycles. The van der Waals surface area contributed by atoms with Crippen LogP contribution in [0.4, 0.5) is 4.79 Å². The number of carbonyl (C=O) groups is 1. The molecule has 0 aromatic carbocycles. The lowest BCUT2D eigenvalue weighted by Gasteiger charge is -2.34. The Hall–Kier alpha value is -0.810. The maximum Gasteiger partial charge on any atom is 0.315 e. The normalized spacial score (nSPS) is 22.8. The molecule has 1 aliphatic rings. The van der Waals surface area contributed by atoms with Crippen LogP contribution in [0.15, 0.2) is 0 Å². The minimum Gasteiger partial charge on any atom is -0.377 e. The van der Waals surface area contributed by atoms with Gasteiger partial charge >= 0.3 is 6.03 Å². The number of hydrogen-bond acceptors (Lipinski definition) is 3. The van der Waals surface area contributed by atoms with Crippen LogP contribution in [-0.4, -0.2) is 62.3 Å². The van der Waals surface area contributed by atoms with Gasteiger partial charge in [0.05, 0.1) is 19.3 Å². The van der Waals surface area contributed by atoms with E-state index in [1.807, 2.05) is 14.1 Å². The zero-order chi connectivity index (χ0) is 10.6. The highest BCUT2D eigenvalue weighted by molar-refractivity contribution is 5.72. The van der Waals surface area contributed by atoms with Crippen molar-refractivity contribution in [3.63, 3.8) is 0 Å². The average molecular weight is 201 g/mol. The van der Waals surface area contributed by atoms with Crippen molar-refractivity contribution in [3.05, 3.63) is 0 Å². The van der Waals surface area contributed by atoms with E-state index in [1.54, 1.807) is 4.90 Å². The van der Waals surface area contributed by atoms with Gasteiger partial charge in [-0.15, -0.1) is 0 Å². The zero-order valence-electron chi connectivity index (χ0n) is 8.90. The number of amides is 2. The fraction of sp³-hybridized carbons (Fsp3) is 0.889. The Morgan fingerprint density at radius 1 is 1.64 bits per heavy atom. The van der Waals surface area contributed by atoms with Crippen LogP contribution in [0.3, 0.4) is 0 Å². The fourth-order valence-corrected chi connectivity index (χ4v) is 1.59. The summed E-state index contributed by atoms with van der Waals surface area (Å²) < 4.78 is 5.33. The lowest BCUT2D eigenvalue weighted by molar-refractivity contribution is 0.00964. The van der Waals surface area contributed by atoms with Crippen LogP contribution in [0, 0.1) is 0 Å². The van der Waals surface area contributed by atoms with Crippen molar-refractivity contribution >= 4 is 6.03 Å². The van der Waals surface area contributed by atoms with Crippen LogP contribution in [0.1, 0.15) is 6.42 Å². The predicted molar refractivity (Wildman–Crippen MR) is 54.1 cm³/mol. The summed E-state index contributed by atoms with van der Waals surface area (Å²) in [7, 11) is 4.02. The van der Waals surface area contributed by atoms with Crippen molar-refractivity contribution in [2.24, 2.45) is 5.73 Å². The Kier molecular flexibility index (Phi) is 4.16. The van der Waals surface area contributed by atoms with Gasteiger partial charge in [-0.2, -0.15) is 0 Å². The van der Waals surface area contributed by atoms with Crippen molar-refractivity contribution in [1.29, 1.82) is 0 Å². The molecule has 0 aromatic rings. The first kappa shape index (κ1) is 11.3. The summed E-state index contributed by atoms with van der Waals surface area (Å²) >= 11 is 0. The van der Waals surface area contributed by atoms with E-state index in [9.17, 15) is 4.79 Å². The third-order valence-corrected chi connectivity index (χ3v) is 2.42. The van der Waals surface area contributed by atoms with Crippen molar-refractivity contribution in [2.45, 2.75) is 12.5 Å². The van der Waals surface area contributed by atoms with Gasteiger partial charge in [-0.05, 0) is 27.1 Å². The third-order valence-electron chi connectivity index (χ3n) is 2.42. The summed E-state index contributed by atoms with van der Waals surface area (Å²) in [5.74, 6) is 0. The van der Waals surface area contributed by atoms with Crippen LogP contribution in [0.5, 0.6) is 0 Å². The van der Waals surface area contributed by atoms with Gasteiger partial charge in [0.2, 0.25) is 0 Å². The lowest BCUT2D eigenvalue weighted by atomic mass is 10.1. The maximum absolute atomic E-state index is 11.1. The van der Waals surface area contributed by atoms with E-state index < -0.39 is 0 Å². The molecular formula is C9H19N3O2. The largest absolute Gasteiger partial charge is 0.377 e. The smallest absolute Gasteiger partial charge is 0.315 e. The molecule has 2 amide bonds. The minimum absolute atomic E-state index is 0.142. The molecule has 5 heteroatoms. The third kappa shape index (κ3) is 3.16. The Morgan fingerprint density at radius 3 is 2.93 bits per heavy atom. The van der Waals surface area contributed by atoms with Crippen LogP contribution < -0.4 is 5.73 Å². The Morgan fingerprint density at radius 2 is 2.36 bits per heavy atom. The van der Waals surface area contributed by atoms with Gasteiger partial charge in [-0.1, -0.05) is 0 Å². The zero-order valence-corrected chi connectivity index (χ0v) is 8.90. The van der Waals surface area contributed by atoms with Gasteiger partial charge in [-0.3, -0.25) is 0 Å². The maximum atomic E-state index is 11.1. The van der Waals surface area contributed by atoms with E-state index in [0.717, 1.165) is 13.0 Å². The second-order valence-corrected chi connectivity index (χ2v) is 3.85. The minimum atomic E-state index is -0.336. The van der Waals surface area contributed by atoms with Crippen molar-refractivity contribution in [2.75, 3.05) is 40.4 Å². The summed E-state index contributed by atoms with van der Waals surface area (Å²) in [6.45, 7) is 2.77. The number of hydrogen-bond donors (Lipinski definition) is 1. The monoisotopic (exact) mass is 201 g/mol. The van der Waals surface area contributed by atoms with E-state index >= 15 is 0 Å². The van der Waals surface area contributed by atoms with Crippen LogP contribution in [0.2, 0.25) is 0 Å². The van der Waals surface area contributed by atoms with E-state index in [2.05, 4.69) is 4.90 Å². The second-order valence-electron chi connectivity index (χ2n) is 3.85. The van der Waals surface area contributed by atoms with E-state index in [4.69, 9.17) is 10.5 Å². The SMILES string of the molecule is CN(C)CCC1COCCN1C(N)=O. The van der Waals surface area contributed by atoms with Crippen molar-refractivity contribution in [3.8, 4) is 0 Å². The molecule has 1 aliphatic heterocycles. The molecular weight excluding hydrogens is 182 g/mol. The highest BCUT2D eigenvalue weighted by Gasteiger charge is 2.25. The molecule has 1 saturated heterocycles. The van der Waals surface area contributed by atoms with E-state index in [1.165, 1.54) is 0 Å². The fourth-order valence-electron chi connectivity index (χ4n) is 1.59. The van der Waals surface area contributed by atoms with Gasteiger partial charge in [0.1, 0.15) is 0 Å². The van der Waals surface area contributed by atoms with Crippen LogP contribution in [0.25, 0.3) is 0 Å². The highest BCUT2D eigenvalue weighted by Crippen LogP contribution is 2.10. The molecule has 0 bridgehead atoms. The molecule has 2 N–H and O–H groups in total. The number of ether oxygens (including phenoxy) is 1. The molecule has 0 spiro atoms. The summed E-state index contributed by atoms with van der Waals surface area (Å²) in [6, 6.07) is -0.194. The molecule has 14 heavy (non-hydrogen) atoms. The molecule has 1 rings (SSSR count). The molecule has 5 nitrogen and oxygen atoms in total. The number of urea groups is 1. The van der Waals surface area contributed by atoms with Gasteiger partial charge in [0, 0.05) is 6.54 Å². The van der Waals surface area contributed by atoms with E-state index in [-0.39, 0.29) is 12.1 Å². The Balaban J connectivity index is 2.42. The summed E-state index contributed by atoms with van der Waals surface area (Å²) in [4.78, 5) is 14.9.